The van der Waals surface area contributed by atoms with Crippen LogP contribution in [0.5, 0.6) is 0 Å². The van der Waals surface area contributed by atoms with Crippen LogP contribution in [0.4, 0.5) is 0 Å². The van der Waals surface area contributed by atoms with Gasteiger partial charge in [-0.1, -0.05) is 34.6 Å². The quantitative estimate of drug-likeness (QED) is 0.795. The average Bonchev–Trinajstić information content (AvgIpc) is 2.67. The van der Waals surface area contributed by atoms with Crippen molar-refractivity contribution in [2.24, 2.45) is 11.3 Å². The summed E-state index contributed by atoms with van der Waals surface area (Å²) in [4.78, 5) is 0. The molecule has 0 aromatic carbocycles. The van der Waals surface area contributed by atoms with E-state index < -0.39 is 0 Å². The third-order valence-corrected chi connectivity index (χ3v) is 4.09. The number of nitrogens with one attached hydrogen (secondary N) is 1. The van der Waals surface area contributed by atoms with E-state index in [4.69, 9.17) is 0 Å². The highest BCUT2D eigenvalue weighted by Crippen LogP contribution is 2.29. The second kappa shape index (κ2) is 6.55. The van der Waals surface area contributed by atoms with E-state index in [1.165, 1.54) is 18.4 Å². The number of hydrogen-bond acceptors (Lipinski definition) is 2. The smallest absolute Gasteiger partial charge is 0.00104 e. The van der Waals surface area contributed by atoms with Crippen molar-refractivity contribution in [3.8, 4) is 0 Å². The predicted molar refractivity (Wildman–Crippen MR) is 78.7 cm³/mol. The van der Waals surface area contributed by atoms with Crippen LogP contribution < -0.4 is 5.32 Å². The first-order chi connectivity index (χ1) is 7.89. The summed E-state index contributed by atoms with van der Waals surface area (Å²) in [5.41, 5.74) is 1.88. The zero-order chi connectivity index (χ0) is 12.9. The molecule has 0 bridgehead atoms. The van der Waals surface area contributed by atoms with Crippen molar-refractivity contribution in [1.29, 1.82) is 0 Å². The van der Waals surface area contributed by atoms with E-state index in [0.717, 1.165) is 12.5 Å². The van der Waals surface area contributed by atoms with Crippen LogP contribution in [0.3, 0.4) is 0 Å². The van der Waals surface area contributed by atoms with Crippen molar-refractivity contribution in [2.75, 3.05) is 6.54 Å². The molecule has 0 saturated carbocycles. The Morgan fingerprint density at radius 1 is 1.29 bits per heavy atom. The summed E-state index contributed by atoms with van der Waals surface area (Å²) < 4.78 is 0. The SMILES string of the molecule is CC(C)NCC(CCc1ccsc1)C(C)(C)C. The Labute approximate surface area is 111 Å². The Bertz CT molecular complexity index is 295. The van der Waals surface area contributed by atoms with Crippen molar-refractivity contribution in [2.45, 2.75) is 53.5 Å². The van der Waals surface area contributed by atoms with E-state index in [-0.39, 0.29) is 0 Å². The van der Waals surface area contributed by atoms with Crippen LogP contribution in [-0.4, -0.2) is 12.6 Å². The van der Waals surface area contributed by atoms with Gasteiger partial charge < -0.3 is 5.32 Å². The van der Waals surface area contributed by atoms with Gasteiger partial charge in [0.15, 0.2) is 0 Å². The Kier molecular flexibility index (Phi) is 5.68. The Morgan fingerprint density at radius 3 is 2.47 bits per heavy atom. The molecule has 0 saturated heterocycles. The maximum absolute atomic E-state index is 3.58. The lowest BCUT2D eigenvalue weighted by molar-refractivity contribution is 0.215. The topological polar surface area (TPSA) is 12.0 Å². The molecule has 98 valence electrons. The fourth-order valence-corrected chi connectivity index (χ4v) is 2.70. The molecule has 1 atom stereocenters. The number of hydrogen-bond donors (Lipinski definition) is 1. The minimum Gasteiger partial charge on any atom is -0.314 e. The first-order valence-corrected chi connectivity index (χ1v) is 7.58. The Morgan fingerprint density at radius 2 is 2.00 bits per heavy atom. The zero-order valence-electron chi connectivity index (χ0n) is 11.9. The van der Waals surface area contributed by atoms with Crippen LogP contribution in [0.2, 0.25) is 0 Å². The number of rotatable bonds is 6. The number of aryl methyl sites for hydroxylation is 1. The van der Waals surface area contributed by atoms with Gasteiger partial charge in [0, 0.05) is 6.04 Å². The van der Waals surface area contributed by atoms with Crippen LogP contribution in [0, 0.1) is 11.3 Å². The molecule has 0 fully saturated rings. The monoisotopic (exact) mass is 253 g/mol. The second-order valence-electron chi connectivity index (χ2n) is 6.30. The highest BCUT2D eigenvalue weighted by molar-refractivity contribution is 7.07. The van der Waals surface area contributed by atoms with E-state index >= 15 is 0 Å². The molecular formula is C15H27NS. The van der Waals surface area contributed by atoms with Gasteiger partial charge in [-0.25, -0.2) is 0 Å². The average molecular weight is 253 g/mol. The summed E-state index contributed by atoms with van der Waals surface area (Å²) >= 11 is 1.80. The molecule has 1 aromatic heterocycles. The van der Waals surface area contributed by atoms with E-state index in [1.807, 2.05) is 0 Å². The van der Waals surface area contributed by atoms with Gasteiger partial charge in [0.2, 0.25) is 0 Å². The maximum atomic E-state index is 3.58. The van der Waals surface area contributed by atoms with Crippen molar-refractivity contribution in [3.05, 3.63) is 22.4 Å². The molecular weight excluding hydrogens is 226 g/mol. The van der Waals surface area contributed by atoms with Gasteiger partial charge in [-0.05, 0) is 53.1 Å². The molecule has 0 radical (unpaired) electrons. The maximum Gasteiger partial charge on any atom is 0.00104 e. The van der Waals surface area contributed by atoms with Gasteiger partial charge in [0.05, 0.1) is 0 Å². The fraction of sp³-hybridized carbons (Fsp3) is 0.733. The highest BCUT2D eigenvalue weighted by Gasteiger charge is 2.24. The highest BCUT2D eigenvalue weighted by atomic mass is 32.1. The van der Waals surface area contributed by atoms with E-state index in [9.17, 15) is 0 Å². The summed E-state index contributed by atoms with van der Waals surface area (Å²) in [5.74, 6) is 0.741. The lowest BCUT2D eigenvalue weighted by atomic mass is 9.77. The normalized spacial score (nSPS) is 14.2. The molecule has 1 aromatic rings. The van der Waals surface area contributed by atoms with Gasteiger partial charge in [0.25, 0.3) is 0 Å². The first-order valence-electron chi connectivity index (χ1n) is 6.64. The summed E-state index contributed by atoms with van der Waals surface area (Å²) in [5, 5.41) is 8.03. The molecule has 0 spiro atoms. The molecule has 0 aliphatic carbocycles. The summed E-state index contributed by atoms with van der Waals surface area (Å²) in [7, 11) is 0. The fourth-order valence-electron chi connectivity index (χ4n) is 2.00. The van der Waals surface area contributed by atoms with E-state index in [2.05, 4.69) is 56.8 Å². The van der Waals surface area contributed by atoms with Gasteiger partial charge in [-0.2, -0.15) is 11.3 Å². The molecule has 1 heterocycles. The zero-order valence-corrected chi connectivity index (χ0v) is 12.7. The van der Waals surface area contributed by atoms with Crippen LogP contribution in [-0.2, 0) is 6.42 Å². The van der Waals surface area contributed by atoms with Crippen LogP contribution in [0.1, 0.15) is 46.6 Å². The first kappa shape index (κ1) is 14.7. The minimum absolute atomic E-state index is 0.387. The largest absolute Gasteiger partial charge is 0.314 e. The van der Waals surface area contributed by atoms with Gasteiger partial charge >= 0.3 is 0 Å². The number of thiophene rings is 1. The van der Waals surface area contributed by atoms with Crippen molar-refractivity contribution >= 4 is 11.3 Å². The molecule has 0 aliphatic rings. The lowest BCUT2D eigenvalue weighted by Crippen LogP contribution is -2.35. The van der Waals surface area contributed by atoms with E-state index in [1.54, 1.807) is 11.3 Å². The minimum atomic E-state index is 0.387. The van der Waals surface area contributed by atoms with Crippen molar-refractivity contribution in [1.82, 2.24) is 5.32 Å². The molecule has 17 heavy (non-hydrogen) atoms. The lowest BCUT2D eigenvalue weighted by Gasteiger charge is -2.31. The van der Waals surface area contributed by atoms with Crippen molar-refractivity contribution < 1.29 is 0 Å². The molecule has 0 amide bonds. The molecule has 1 rings (SSSR count). The summed E-state index contributed by atoms with van der Waals surface area (Å²) in [6.07, 6.45) is 2.49. The van der Waals surface area contributed by atoms with Gasteiger partial charge in [-0.3, -0.25) is 0 Å². The summed E-state index contributed by atoms with van der Waals surface area (Å²) in [6.45, 7) is 12.6. The summed E-state index contributed by atoms with van der Waals surface area (Å²) in [6, 6.07) is 2.83. The molecule has 1 unspecified atom stereocenters. The Hall–Kier alpha value is -0.340. The third-order valence-electron chi connectivity index (χ3n) is 3.36. The Balaban J connectivity index is 2.46. The molecule has 0 aliphatic heterocycles. The van der Waals surface area contributed by atoms with Crippen LogP contribution >= 0.6 is 11.3 Å². The molecule has 1 N–H and O–H groups in total. The van der Waals surface area contributed by atoms with E-state index in [0.29, 0.717) is 11.5 Å². The van der Waals surface area contributed by atoms with Crippen molar-refractivity contribution in [3.63, 3.8) is 0 Å². The van der Waals surface area contributed by atoms with Gasteiger partial charge in [-0.15, -0.1) is 0 Å². The third kappa shape index (κ3) is 5.69. The molecule has 2 heteroatoms. The predicted octanol–water partition coefficient (Wildman–Crippen LogP) is 4.34. The standard InChI is InChI=1S/C15H27NS/c1-12(2)16-10-14(15(3,4)5)7-6-13-8-9-17-11-13/h8-9,11-12,14,16H,6-7,10H2,1-5H3. The molecule has 1 nitrogen and oxygen atoms in total. The van der Waals surface area contributed by atoms with Gasteiger partial charge in [0.1, 0.15) is 0 Å². The van der Waals surface area contributed by atoms with Crippen LogP contribution in [0.25, 0.3) is 0 Å². The van der Waals surface area contributed by atoms with Crippen LogP contribution in [0.15, 0.2) is 16.8 Å². The second-order valence-corrected chi connectivity index (χ2v) is 7.08.